The van der Waals surface area contributed by atoms with Crippen LogP contribution in [0.5, 0.6) is 5.75 Å². The molecule has 0 aliphatic carbocycles. The first kappa shape index (κ1) is 16.0. The Morgan fingerprint density at radius 1 is 0.708 bits per heavy atom. The minimum absolute atomic E-state index is 0.305. The Morgan fingerprint density at radius 2 is 1.25 bits per heavy atom. The molecule has 0 aliphatic heterocycles. The molecule has 0 saturated carbocycles. The molecule has 1 N–H and O–H groups in total. The summed E-state index contributed by atoms with van der Waals surface area (Å²) in [6, 6.07) is 19.4. The maximum absolute atomic E-state index is 10.2. The summed E-state index contributed by atoms with van der Waals surface area (Å²) >= 11 is 0. The number of hydrogen-bond acceptors (Lipinski definition) is 4. The largest absolute Gasteiger partial charge is 0.506 e. The van der Waals surface area contributed by atoms with Crippen molar-refractivity contribution >= 4 is 5.69 Å². The molecule has 0 unspecified atom stereocenters. The van der Waals surface area contributed by atoms with Gasteiger partial charge in [-0.1, -0.05) is 24.3 Å². The van der Waals surface area contributed by atoms with E-state index < -0.39 is 0 Å². The van der Waals surface area contributed by atoms with Gasteiger partial charge in [0.1, 0.15) is 5.75 Å². The Hall–Kier alpha value is -2.88. The number of hydrogen-bond donors (Lipinski definition) is 1. The lowest BCUT2D eigenvalue weighted by atomic mass is 10.2. The second-order valence-electron chi connectivity index (χ2n) is 5.62. The topological polar surface area (TPSA) is 49.2 Å². The van der Waals surface area contributed by atoms with Crippen molar-refractivity contribution in [3.8, 4) is 5.75 Å². The third kappa shape index (κ3) is 4.32. The molecular formula is C20H21N3O. The lowest BCUT2D eigenvalue weighted by Crippen LogP contribution is -2.28. The van der Waals surface area contributed by atoms with Crippen molar-refractivity contribution in [1.29, 1.82) is 0 Å². The molecule has 0 fully saturated rings. The summed E-state index contributed by atoms with van der Waals surface area (Å²) < 4.78 is 0. The maximum Gasteiger partial charge on any atom is 0.138 e. The van der Waals surface area contributed by atoms with E-state index in [4.69, 9.17) is 0 Å². The highest BCUT2D eigenvalue weighted by Gasteiger charge is 2.11. The maximum atomic E-state index is 10.2. The van der Waals surface area contributed by atoms with Gasteiger partial charge in [-0.2, -0.15) is 0 Å². The summed E-state index contributed by atoms with van der Waals surface area (Å²) in [5.41, 5.74) is 2.95. The average Bonchev–Trinajstić information content (AvgIpc) is 2.64. The fraction of sp³-hybridized carbons (Fsp3) is 0.200. The van der Waals surface area contributed by atoms with Gasteiger partial charge in [0.15, 0.2) is 0 Å². The molecule has 24 heavy (non-hydrogen) atoms. The molecule has 2 heterocycles. The third-order valence-electron chi connectivity index (χ3n) is 3.95. The van der Waals surface area contributed by atoms with Crippen molar-refractivity contribution in [2.45, 2.75) is 12.8 Å². The van der Waals surface area contributed by atoms with E-state index in [0.717, 1.165) is 43.0 Å². The summed E-state index contributed by atoms with van der Waals surface area (Å²) in [6.07, 6.45) is 5.29. The highest BCUT2D eigenvalue weighted by atomic mass is 16.3. The number of phenolic OH excluding ortho intramolecular Hbond substituents is 1. The Bertz CT molecular complexity index is 704. The van der Waals surface area contributed by atoms with Crippen LogP contribution in [0.15, 0.2) is 73.1 Å². The first-order valence-electron chi connectivity index (χ1n) is 8.16. The van der Waals surface area contributed by atoms with E-state index >= 15 is 0 Å². The van der Waals surface area contributed by atoms with E-state index in [1.54, 1.807) is 6.07 Å². The van der Waals surface area contributed by atoms with Crippen LogP contribution in [0.1, 0.15) is 11.4 Å². The van der Waals surface area contributed by atoms with Crippen molar-refractivity contribution in [2.24, 2.45) is 0 Å². The molecule has 0 aliphatic rings. The van der Waals surface area contributed by atoms with E-state index in [1.807, 2.05) is 67.0 Å². The molecule has 0 spiro atoms. The standard InChI is InChI=1S/C20H21N3O/c24-20-10-2-1-9-19(20)23(15-11-17-7-3-5-13-21-17)16-12-18-8-4-6-14-22-18/h1-10,13-14,24H,11-12,15-16H2. The monoisotopic (exact) mass is 319 g/mol. The summed E-state index contributed by atoms with van der Waals surface area (Å²) in [7, 11) is 0. The molecule has 3 aromatic rings. The predicted octanol–water partition coefficient (Wildman–Crippen LogP) is 3.47. The van der Waals surface area contributed by atoms with Gasteiger partial charge in [-0.3, -0.25) is 9.97 Å². The van der Waals surface area contributed by atoms with E-state index in [2.05, 4.69) is 14.9 Å². The number of anilines is 1. The second kappa shape index (κ2) is 8.11. The molecule has 0 bridgehead atoms. The molecule has 3 rings (SSSR count). The van der Waals surface area contributed by atoms with Gasteiger partial charge in [-0.05, 0) is 36.4 Å². The Kier molecular flexibility index (Phi) is 5.40. The van der Waals surface area contributed by atoms with Crippen LogP contribution in [0.3, 0.4) is 0 Å². The van der Waals surface area contributed by atoms with Crippen molar-refractivity contribution < 1.29 is 5.11 Å². The average molecular weight is 319 g/mol. The molecular weight excluding hydrogens is 298 g/mol. The SMILES string of the molecule is Oc1ccccc1N(CCc1ccccn1)CCc1ccccn1. The van der Waals surface area contributed by atoms with Gasteiger partial charge in [0.05, 0.1) is 5.69 Å². The van der Waals surface area contributed by atoms with Gasteiger partial charge >= 0.3 is 0 Å². The number of aromatic hydroxyl groups is 1. The number of pyridine rings is 2. The number of benzene rings is 1. The Labute approximate surface area is 142 Å². The fourth-order valence-electron chi connectivity index (χ4n) is 2.68. The van der Waals surface area contributed by atoms with Gasteiger partial charge in [0.25, 0.3) is 0 Å². The fourth-order valence-corrected chi connectivity index (χ4v) is 2.68. The summed E-state index contributed by atoms with van der Waals surface area (Å²) in [6.45, 7) is 1.59. The van der Waals surface area contributed by atoms with Crippen LogP contribution < -0.4 is 4.90 Å². The van der Waals surface area contributed by atoms with E-state index in [-0.39, 0.29) is 0 Å². The quantitative estimate of drug-likeness (QED) is 0.724. The zero-order valence-electron chi connectivity index (χ0n) is 13.5. The number of phenols is 1. The first-order chi connectivity index (χ1) is 11.8. The highest BCUT2D eigenvalue weighted by molar-refractivity contribution is 5.57. The highest BCUT2D eigenvalue weighted by Crippen LogP contribution is 2.26. The summed E-state index contributed by atoms with van der Waals surface area (Å²) in [4.78, 5) is 11.0. The normalized spacial score (nSPS) is 10.5. The Morgan fingerprint density at radius 3 is 1.75 bits per heavy atom. The molecule has 4 heteroatoms. The molecule has 4 nitrogen and oxygen atoms in total. The molecule has 122 valence electrons. The second-order valence-corrected chi connectivity index (χ2v) is 5.62. The van der Waals surface area contributed by atoms with Gasteiger partial charge < -0.3 is 10.0 Å². The predicted molar refractivity (Wildman–Crippen MR) is 96.2 cm³/mol. The molecule has 1 aromatic carbocycles. The lowest BCUT2D eigenvalue weighted by molar-refractivity contribution is 0.473. The van der Waals surface area contributed by atoms with Crippen LogP contribution in [0, 0.1) is 0 Å². The van der Waals surface area contributed by atoms with Gasteiger partial charge in [-0.25, -0.2) is 0 Å². The van der Waals surface area contributed by atoms with Crippen molar-refractivity contribution in [3.63, 3.8) is 0 Å². The summed E-state index contributed by atoms with van der Waals surface area (Å²) in [5, 5.41) is 10.2. The van der Waals surface area contributed by atoms with Crippen LogP contribution in [0.25, 0.3) is 0 Å². The van der Waals surface area contributed by atoms with E-state index in [0.29, 0.717) is 5.75 Å². The number of para-hydroxylation sites is 2. The number of aromatic nitrogens is 2. The van der Waals surface area contributed by atoms with Crippen LogP contribution in [0.2, 0.25) is 0 Å². The zero-order valence-corrected chi connectivity index (χ0v) is 13.5. The number of nitrogens with zero attached hydrogens (tertiary/aromatic N) is 3. The van der Waals surface area contributed by atoms with Crippen LogP contribution >= 0.6 is 0 Å². The minimum Gasteiger partial charge on any atom is -0.506 e. The third-order valence-corrected chi connectivity index (χ3v) is 3.95. The zero-order chi connectivity index (χ0) is 16.6. The minimum atomic E-state index is 0.305. The van der Waals surface area contributed by atoms with E-state index in [9.17, 15) is 5.11 Å². The van der Waals surface area contributed by atoms with E-state index in [1.165, 1.54) is 0 Å². The van der Waals surface area contributed by atoms with Crippen LogP contribution in [-0.4, -0.2) is 28.2 Å². The molecule has 0 amide bonds. The van der Waals surface area contributed by atoms with Gasteiger partial charge in [0, 0.05) is 49.7 Å². The van der Waals surface area contributed by atoms with Crippen LogP contribution in [0.4, 0.5) is 5.69 Å². The van der Waals surface area contributed by atoms with Gasteiger partial charge in [-0.15, -0.1) is 0 Å². The summed E-state index contributed by atoms with van der Waals surface area (Å²) in [5.74, 6) is 0.305. The van der Waals surface area contributed by atoms with Crippen LogP contribution in [-0.2, 0) is 12.8 Å². The van der Waals surface area contributed by atoms with Crippen molar-refractivity contribution in [2.75, 3.05) is 18.0 Å². The Balaban J connectivity index is 1.72. The van der Waals surface area contributed by atoms with Crippen molar-refractivity contribution in [3.05, 3.63) is 84.4 Å². The molecule has 2 aromatic heterocycles. The molecule has 0 atom stereocenters. The number of rotatable bonds is 7. The molecule has 0 saturated heterocycles. The first-order valence-corrected chi connectivity index (χ1v) is 8.16. The van der Waals surface area contributed by atoms with Gasteiger partial charge in [0.2, 0.25) is 0 Å². The van der Waals surface area contributed by atoms with Crippen molar-refractivity contribution in [1.82, 2.24) is 9.97 Å². The lowest BCUT2D eigenvalue weighted by Gasteiger charge is -2.25. The smallest absolute Gasteiger partial charge is 0.138 e. The molecule has 0 radical (unpaired) electrons.